The van der Waals surface area contributed by atoms with E-state index in [0.29, 0.717) is 13.1 Å². The molecular formula is C18H31N3O3. The molecule has 0 heterocycles. The molecule has 136 valence electrons. The minimum atomic E-state index is -0.507. The molecule has 0 spiro atoms. The molecule has 24 heavy (non-hydrogen) atoms. The third-order valence-corrected chi connectivity index (χ3v) is 5.50. The van der Waals surface area contributed by atoms with Crippen molar-refractivity contribution >= 4 is 12.1 Å². The van der Waals surface area contributed by atoms with Crippen molar-refractivity contribution in [2.75, 3.05) is 13.1 Å². The van der Waals surface area contributed by atoms with E-state index in [1.165, 1.54) is 19.3 Å². The van der Waals surface area contributed by atoms with Crippen molar-refractivity contribution in [1.29, 1.82) is 0 Å². The minimum Gasteiger partial charge on any atom is -0.444 e. The Bertz CT molecular complexity index is 463. The first-order valence-corrected chi connectivity index (χ1v) is 9.26. The molecule has 6 nitrogen and oxygen atoms in total. The molecule has 0 aromatic carbocycles. The maximum Gasteiger partial charge on any atom is 0.407 e. The Morgan fingerprint density at radius 1 is 0.958 bits per heavy atom. The third-order valence-electron chi connectivity index (χ3n) is 5.50. The SMILES string of the molecule is CC(C)(C)OC(=O)NCCNC(=O)NC12CC3CC(CC(C3)C1)C2. The predicted octanol–water partition coefficient (Wildman–Crippen LogP) is 2.78. The summed E-state index contributed by atoms with van der Waals surface area (Å²) in [7, 11) is 0. The number of carbonyl (C=O) groups excluding carboxylic acids is 2. The van der Waals surface area contributed by atoms with Gasteiger partial charge in [0.05, 0.1) is 0 Å². The molecule has 4 aliphatic carbocycles. The van der Waals surface area contributed by atoms with Gasteiger partial charge in [-0.1, -0.05) is 0 Å². The number of ether oxygens (including phenoxy) is 1. The van der Waals surface area contributed by atoms with Crippen LogP contribution in [0.2, 0.25) is 0 Å². The van der Waals surface area contributed by atoms with Crippen LogP contribution in [0.15, 0.2) is 0 Å². The van der Waals surface area contributed by atoms with Gasteiger partial charge in [0, 0.05) is 18.6 Å². The lowest BCUT2D eigenvalue weighted by Crippen LogP contribution is -2.61. The average molecular weight is 337 g/mol. The fourth-order valence-corrected chi connectivity index (χ4v) is 5.20. The number of rotatable bonds is 4. The molecule has 0 aromatic rings. The number of alkyl carbamates (subject to hydrolysis) is 1. The maximum atomic E-state index is 12.2. The van der Waals surface area contributed by atoms with Gasteiger partial charge in [0.2, 0.25) is 0 Å². The van der Waals surface area contributed by atoms with Gasteiger partial charge in [0.1, 0.15) is 5.60 Å². The summed E-state index contributed by atoms with van der Waals surface area (Å²) in [4.78, 5) is 23.8. The highest BCUT2D eigenvalue weighted by molar-refractivity contribution is 5.75. The van der Waals surface area contributed by atoms with E-state index in [-0.39, 0.29) is 11.6 Å². The van der Waals surface area contributed by atoms with Gasteiger partial charge in [-0.05, 0) is 77.0 Å². The largest absolute Gasteiger partial charge is 0.444 e. The number of carbonyl (C=O) groups is 2. The molecule has 0 aromatic heterocycles. The van der Waals surface area contributed by atoms with Crippen LogP contribution >= 0.6 is 0 Å². The van der Waals surface area contributed by atoms with E-state index in [1.807, 2.05) is 20.8 Å². The summed E-state index contributed by atoms with van der Waals surface area (Å²) < 4.78 is 5.16. The van der Waals surface area contributed by atoms with Gasteiger partial charge in [-0.25, -0.2) is 9.59 Å². The van der Waals surface area contributed by atoms with Crippen molar-refractivity contribution in [3.63, 3.8) is 0 Å². The van der Waals surface area contributed by atoms with Crippen LogP contribution in [0, 0.1) is 17.8 Å². The van der Waals surface area contributed by atoms with Crippen LogP contribution in [0.5, 0.6) is 0 Å². The standard InChI is InChI=1S/C18H31N3O3/c1-17(2,3)24-16(23)20-5-4-19-15(22)21-18-9-12-6-13(10-18)8-14(7-12)11-18/h12-14H,4-11H2,1-3H3,(H,20,23)(H2,19,21,22). The maximum absolute atomic E-state index is 12.2. The van der Waals surface area contributed by atoms with Crippen molar-refractivity contribution in [1.82, 2.24) is 16.0 Å². The van der Waals surface area contributed by atoms with Gasteiger partial charge in [-0.2, -0.15) is 0 Å². The molecule has 6 heteroatoms. The van der Waals surface area contributed by atoms with E-state index in [9.17, 15) is 9.59 Å². The van der Waals surface area contributed by atoms with E-state index in [4.69, 9.17) is 4.74 Å². The predicted molar refractivity (Wildman–Crippen MR) is 91.7 cm³/mol. The van der Waals surface area contributed by atoms with Crippen LogP contribution in [0.1, 0.15) is 59.3 Å². The summed E-state index contributed by atoms with van der Waals surface area (Å²) in [6, 6.07) is -0.108. The molecule has 0 unspecified atom stereocenters. The number of amides is 3. The Labute approximate surface area is 144 Å². The molecule has 4 bridgehead atoms. The molecule has 0 saturated heterocycles. The summed E-state index contributed by atoms with van der Waals surface area (Å²) in [5.41, 5.74) is -0.481. The Hall–Kier alpha value is -1.46. The summed E-state index contributed by atoms with van der Waals surface area (Å²) in [6.07, 6.45) is 7.06. The third kappa shape index (κ3) is 4.33. The van der Waals surface area contributed by atoms with Crippen LogP contribution < -0.4 is 16.0 Å². The fraction of sp³-hybridized carbons (Fsp3) is 0.889. The monoisotopic (exact) mass is 337 g/mol. The summed E-state index contributed by atoms with van der Waals surface area (Å²) in [5, 5.41) is 8.76. The van der Waals surface area contributed by atoms with Crippen molar-refractivity contribution < 1.29 is 14.3 Å². The van der Waals surface area contributed by atoms with Gasteiger partial charge < -0.3 is 20.7 Å². The van der Waals surface area contributed by atoms with Crippen LogP contribution in [0.3, 0.4) is 0 Å². The molecule has 4 saturated carbocycles. The quantitative estimate of drug-likeness (QED) is 0.690. The summed E-state index contributed by atoms with van der Waals surface area (Å²) in [5.74, 6) is 2.43. The molecule has 0 aliphatic heterocycles. The molecule has 3 amide bonds. The zero-order chi connectivity index (χ0) is 17.4. The van der Waals surface area contributed by atoms with E-state index in [1.54, 1.807) is 0 Å². The Kier molecular flexibility index (Phi) is 4.67. The van der Waals surface area contributed by atoms with E-state index < -0.39 is 11.7 Å². The first kappa shape index (κ1) is 17.4. The van der Waals surface area contributed by atoms with Gasteiger partial charge in [0.25, 0.3) is 0 Å². The summed E-state index contributed by atoms with van der Waals surface area (Å²) >= 11 is 0. The van der Waals surface area contributed by atoms with Crippen LogP contribution in [-0.4, -0.2) is 36.4 Å². The second-order valence-corrected chi connectivity index (χ2v) is 9.01. The van der Waals surface area contributed by atoms with Gasteiger partial charge in [-0.15, -0.1) is 0 Å². The first-order chi connectivity index (χ1) is 11.2. The van der Waals surface area contributed by atoms with Crippen LogP contribution in [0.25, 0.3) is 0 Å². The van der Waals surface area contributed by atoms with E-state index >= 15 is 0 Å². The number of nitrogens with one attached hydrogen (secondary N) is 3. The highest BCUT2D eigenvalue weighted by Gasteiger charge is 2.51. The zero-order valence-electron chi connectivity index (χ0n) is 15.1. The van der Waals surface area contributed by atoms with Gasteiger partial charge in [-0.3, -0.25) is 0 Å². The Morgan fingerprint density at radius 2 is 1.46 bits per heavy atom. The topological polar surface area (TPSA) is 79.5 Å². The fourth-order valence-electron chi connectivity index (χ4n) is 5.20. The molecule has 4 aliphatic rings. The normalized spacial score (nSPS) is 33.9. The van der Waals surface area contributed by atoms with Gasteiger partial charge >= 0.3 is 12.1 Å². The van der Waals surface area contributed by atoms with Crippen molar-refractivity contribution in [3.05, 3.63) is 0 Å². The minimum absolute atomic E-state index is 0.0252. The molecular weight excluding hydrogens is 306 g/mol. The number of hydrogen-bond acceptors (Lipinski definition) is 3. The lowest BCUT2D eigenvalue weighted by molar-refractivity contribution is -0.0135. The number of urea groups is 1. The van der Waals surface area contributed by atoms with Crippen LogP contribution in [0.4, 0.5) is 9.59 Å². The van der Waals surface area contributed by atoms with Crippen molar-refractivity contribution in [2.24, 2.45) is 17.8 Å². The smallest absolute Gasteiger partial charge is 0.407 e. The average Bonchev–Trinajstić information content (AvgIpc) is 2.39. The second-order valence-electron chi connectivity index (χ2n) is 9.01. The highest BCUT2D eigenvalue weighted by Crippen LogP contribution is 2.55. The van der Waals surface area contributed by atoms with E-state index in [0.717, 1.165) is 37.0 Å². The molecule has 0 radical (unpaired) electrons. The van der Waals surface area contributed by atoms with Crippen molar-refractivity contribution in [3.8, 4) is 0 Å². The highest BCUT2D eigenvalue weighted by atomic mass is 16.6. The zero-order valence-corrected chi connectivity index (χ0v) is 15.1. The molecule has 3 N–H and O–H groups in total. The molecule has 4 fully saturated rings. The second kappa shape index (κ2) is 6.45. The Morgan fingerprint density at radius 3 is 1.96 bits per heavy atom. The van der Waals surface area contributed by atoms with Crippen molar-refractivity contribution in [2.45, 2.75) is 70.4 Å². The number of hydrogen-bond donors (Lipinski definition) is 3. The van der Waals surface area contributed by atoms with E-state index in [2.05, 4.69) is 16.0 Å². The lowest BCUT2D eigenvalue weighted by Gasteiger charge is -2.56. The first-order valence-electron chi connectivity index (χ1n) is 9.26. The Balaban J connectivity index is 1.37. The van der Waals surface area contributed by atoms with Gasteiger partial charge in [0.15, 0.2) is 0 Å². The molecule has 4 rings (SSSR count). The van der Waals surface area contributed by atoms with Crippen LogP contribution in [-0.2, 0) is 4.74 Å². The summed E-state index contributed by atoms with van der Waals surface area (Å²) in [6.45, 7) is 6.23. The lowest BCUT2D eigenvalue weighted by atomic mass is 9.53. The molecule has 0 atom stereocenters.